The molecule has 1 fully saturated rings. The lowest BCUT2D eigenvalue weighted by Crippen LogP contribution is -2.54. The molecule has 2 aromatic rings. The van der Waals surface area contributed by atoms with Crippen LogP contribution in [0.25, 0.3) is 6.08 Å². The molecule has 8 heteroatoms. The van der Waals surface area contributed by atoms with Gasteiger partial charge < -0.3 is 14.2 Å². The van der Waals surface area contributed by atoms with E-state index < -0.39 is 17.8 Å². The first-order valence-electron chi connectivity index (χ1n) is 8.02. The van der Waals surface area contributed by atoms with Crippen molar-refractivity contribution < 1.29 is 28.6 Å². The third kappa shape index (κ3) is 2.97. The van der Waals surface area contributed by atoms with Gasteiger partial charge in [-0.15, -0.1) is 0 Å². The summed E-state index contributed by atoms with van der Waals surface area (Å²) in [6.45, 7) is 0.120. The Hall–Kier alpha value is -3.81. The smallest absolute Gasteiger partial charge is 0.335 e. The molecule has 4 rings (SSSR count). The van der Waals surface area contributed by atoms with Crippen molar-refractivity contribution >= 4 is 29.6 Å². The zero-order chi connectivity index (χ0) is 19.0. The molecule has 27 heavy (non-hydrogen) atoms. The number of anilines is 1. The van der Waals surface area contributed by atoms with Gasteiger partial charge in [0.05, 0.1) is 12.8 Å². The van der Waals surface area contributed by atoms with Crippen LogP contribution in [0.5, 0.6) is 17.2 Å². The molecule has 0 radical (unpaired) electrons. The van der Waals surface area contributed by atoms with Crippen molar-refractivity contribution in [1.82, 2.24) is 5.32 Å². The number of hydrogen-bond acceptors (Lipinski definition) is 6. The number of urea groups is 1. The fourth-order valence-corrected chi connectivity index (χ4v) is 2.79. The van der Waals surface area contributed by atoms with Gasteiger partial charge in [-0.1, -0.05) is 6.07 Å². The predicted molar refractivity (Wildman–Crippen MR) is 94.6 cm³/mol. The quantitative estimate of drug-likeness (QED) is 0.660. The Morgan fingerprint density at radius 3 is 2.52 bits per heavy atom. The first-order valence-corrected chi connectivity index (χ1v) is 8.02. The number of nitrogens with one attached hydrogen (secondary N) is 1. The maximum Gasteiger partial charge on any atom is 0.335 e. The average Bonchev–Trinajstić information content (AvgIpc) is 3.13. The van der Waals surface area contributed by atoms with E-state index >= 15 is 0 Å². The topological polar surface area (TPSA) is 94.2 Å². The summed E-state index contributed by atoms with van der Waals surface area (Å²) >= 11 is 0. The summed E-state index contributed by atoms with van der Waals surface area (Å²) in [5.74, 6) is 0.220. The van der Waals surface area contributed by atoms with E-state index in [-0.39, 0.29) is 12.4 Å². The zero-order valence-electron chi connectivity index (χ0n) is 14.2. The first-order chi connectivity index (χ1) is 13.1. The van der Waals surface area contributed by atoms with Gasteiger partial charge >= 0.3 is 6.03 Å². The Bertz CT molecular complexity index is 980. The SMILES string of the molecule is COc1ccc(N2C(=O)NC(=O)/C(=C\c3ccc4c(c3)OCO4)C2=O)cc1. The van der Waals surface area contributed by atoms with E-state index in [9.17, 15) is 14.4 Å². The highest BCUT2D eigenvalue weighted by molar-refractivity contribution is 6.39. The van der Waals surface area contributed by atoms with E-state index in [0.717, 1.165) is 4.90 Å². The predicted octanol–water partition coefficient (Wildman–Crippen LogP) is 2.09. The maximum atomic E-state index is 12.8. The number of fused-ring (bicyclic) bond motifs is 1. The van der Waals surface area contributed by atoms with E-state index in [1.165, 1.54) is 13.2 Å². The molecule has 4 amide bonds. The fraction of sp³-hybridized carbons (Fsp3) is 0.105. The van der Waals surface area contributed by atoms with Crippen molar-refractivity contribution in [2.75, 3.05) is 18.8 Å². The van der Waals surface area contributed by atoms with Crippen molar-refractivity contribution in [3.05, 3.63) is 53.6 Å². The van der Waals surface area contributed by atoms with Crippen molar-refractivity contribution in [3.63, 3.8) is 0 Å². The molecular formula is C19H14N2O6. The summed E-state index contributed by atoms with van der Waals surface area (Å²) in [6.07, 6.45) is 1.41. The minimum Gasteiger partial charge on any atom is -0.497 e. The van der Waals surface area contributed by atoms with Crippen LogP contribution in [0.2, 0.25) is 0 Å². The Morgan fingerprint density at radius 1 is 1.04 bits per heavy atom. The van der Waals surface area contributed by atoms with Gasteiger partial charge in [0.1, 0.15) is 11.3 Å². The molecule has 0 bridgehead atoms. The number of rotatable bonds is 3. The van der Waals surface area contributed by atoms with Crippen molar-refractivity contribution in [2.24, 2.45) is 0 Å². The lowest BCUT2D eigenvalue weighted by molar-refractivity contribution is -0.122. The van der Waals surface area contributed by atoms with Crippen LogP contribution in [0.3, 0.4) is 0 Å². The van der Waals surface area contributed by atoms with Gasteiger partial charge in [0.2, 0.25) is 6.79 Å². The lowest BCUT2D eigenvalue weighted by Gasteiger charge is -2.26. The van der Waals surface area contributed by atoms with Crippen LogP contribution in [-0.4, -0.2) is 31.7 Å². The van der Waals surface area contributed by atoms with Crippen LogP contribution < -0.4 is 24.4 Å². The van der Waals surface area contributed by atoms with Gasteiger partial charge in [-0.05, 0) is 48.0 Å². The molecule has 0 aliphatic carbocycles. The first kappa shape index (κ1) is 16.6. The Morgan fingerprint density at radius 2 is 1.78 bits per heavy atom. The molecule has 0 aromatic heterocycles. The molecule has 1 saturated heterocycles. The molecular weight excluding hydrogens is 352 g/mol. The van der Waals surface area contributed by atoms with Gasteiger partial charge in [-0.3, -0.25) is 14.9 Å². The third-order valence-electron chi connectivity index (χ3n) is 4.14. The second-order valence-corrected chi connectivity index (χ2v) is 5.77. The molecule has 2 aliphatic heterocycles. The van der Waals surface area contributed by atoms with E-state index in [0.29, 0.717) is 28.5 Å². The number of hydrogen-bond donors (Lipinski definition) is 1. The summed E-state index contributed by atoms with van der Waals surface area (Å²) in [6, 6.07) is 10.6. The normalized spacial score (nSPS) is 17.3. The van der Waals surface area contributed by atoms with Crippen LogP contribution >= 0.6 is 0 Å². The fourth-order valence-electron chi connectivity index (χ4n) is 2.79. The molecule has 8 nitrogen and oxygen atoms in total. The van der Waals surface area contributed by atoms with Gasteiger partial charge in [0, 0.05) is 0 Å². The van der Waals surface area contributed by atoms with Crippen LogP contribution in [0, 0.1) is 0 Å². The number of ether oxygens (including phenoxy) is 3. The second kappa shape index (κ2) is 6.49. The van der Waals surface area contributed by atoms with Crippen molar-refractivity contribution in [3.8, 4) is 17.2 Å². The summed E-state index contributed by atoms with van der Waals surface area (Å²) in [5.41, 5.74) is 0.730. The Kier molecular flexibility index (Phi) is 4.00. The van der Waals surface area contributed by atoms with E-state index in [4.69, 9.17) is 14.2 Å². The summed E-state index contributed by atoms with van der Waals surface area (Å²) in [7, 11) is 1.51. The Balaban J connectivity index is 1.69. The Labute approximate surface area is 153 Å². The number of carbonyl (C=O) groups excluding carboxylic acids is 3. The van der Waals surface area contributed by atoms with E-state index in [1.807, 2.05) is 0 Å². The van der Waals surface area contributed by atoms with Gasteiger partial charge in [0.25, 0.3) is 11.8 Å². The zero-order valence-corrected chi connectivity index (χ0v) is 14.2. The summed E-state index contributed by atoms with van der Waals surface area (Å²) in [4.78, 5) is 38.1. The highest BCUT2D eigenvalue weighted by atomic mass is 16.7. The molecule has 0 saturated carbocycles. The number of nitrogens with zero attached hydrogens (tertiary/aromatic N) is 1. The van der Waals surface area contributed by atoms with Gasteiger partial charge in [-0.2, -0.15) is 0 Å². The summed E-state index contributed by atoms with van der Waals surface area (Å²) in [5, 5.41) is 2.18. The minimum atomic E-state index is -0.807. The highest BCUT2D eigenvalue weighted by Crippen LogP contribution is 2.33. The third-order valence-corrected chi connectivity index (χ3v) is 4.14. The van der Waals surface area contributed by atoms with Crippen LogP contribution in [-0.2, 0) is 9.59 Å². The van der Waals surface area contributed by atoms with Gasteiger partial charge in [0.15, 0.2) is 11.5 Å². The molecule has 2 heterocycles. The number of amides is 4. The lowest BCUT2D eigenvalue weighted by atomic mass is 10.1. The largest absolute Gasteiger partial charge is 0.497 e. The molecule has 0 atom stereocenters. The molecule has 0 spiro atoms. The van der Waals surface area contributed by atoms with Crippen molar-refractivity contribution in [1.29, 1.82) is 0 Å². The average molecular weight is 366 g/mol. The molecule has 2 aromatic carbocycles. The van der Waals surface area contributed by atoms with E-state index in [1.54, 1.807) is 42.5 Å². The maximum absolute atomic E-state index is 12.8. The standard InChI is InChI=1S/C19H14N2O6/c1-25-13-5-3-12(4-6-13)21-18(23)14(17(22)20-19(21)24)8-11-2-7-15-16(9-11)27-10-26-15/h2-9H,10H2,1H3,(H,20,22,24)/b14-8+. The molecule has 2 aliphatic rings. The number of benzene rings is 2. The monoisotopic (exact) mass is 366 g/mol. The van der Waals surface area contributed by atoms with E-state index in [2.05, 4.69) is 5.32 Å². The van der Waals surface area contributed by atoms with Gasteiger partial charge in [-0.25, -0.2) is 9.69 Å². The summed E-state index contributed by atoms with van der Waals surface area (Å²) < 4.78 is 15.6. The molecule has 136 valence electrons. The van der Waals surface area contributed by atoms with Crippen LogP contribution in [0.4, 0.5) is 10.5 Å². The molecule has 1 N–H and O–H groups in total. The van der Waals surface area contributed by atoms with Crippen molar-refractivity contribution in [2.45, 2.75) is 0 Å². The number of carbonyl (C=O) groups is 3. The minimum absolute atomic E-state index is 0.120. The number of barbiturate groups is 1. The van der Waals surface area contributed by atoms with Crippen LogP contribution in [0.15, 0.2) is 48.0 Å². The number of imide groups is 2. The number of methoxy groups -OCH3 is 1. The highest BCUT2D eigenvalue weighted by Gasteiger charge is 2.36. The second-order valence-electron chi connectivity index (χ2n) is 5.77. The van der Waals surface area contributed by atoms with Crippen LogP contribution in [0.1, 0.15) is 5.56 Å². The molecule has 0 unspecified atom stereocenters.